The summed E-state index contributed by atoms with van der Waals surface area (Å²) in [7, 11) is 0. The van der Waals surface area contributed by atoms with Gasteiger partial charge in [0.15, 0.2) is 0 Å². The Hall–Kier alpha value is -3.47. The summed E-state index contributed by atoms with van der Waals surface area (Å²) >= 11 is 0. The summed E-state index contributed by atoms with van der Waals surface area (Å²) in [5, 5.41) is 8.94. The molecule has 0 spiro atoms. The molecule has 11 heteroatoms. The Morgan fingerprint density at radius 3 is 2.88 bits per heavy atom. The van der Waals surface area contributed by atoms with Crippen molar-refractivity contribution in [3.05, 3.63) is 48.5 Å². The third kappa shape index (κ3) is 4.04. The van der Waals surface area contributed by atoms with Gasteiger partial charge in [0.05, 0.1) is 29.9 Å². The number of pyridine rings is 2. The van der Waals surface area contributed by atoms with Crippen molar-refractivity contribution in [1.82, 2.24) is 29.3 Å². The first kappa shape index (κ1) is 21.4. The molecule has 1 unspecified atom stereocenters. The van der Waals surface area contributed by atoms with Gasteiger partial charge < -0.3 is 9.64 Å². The van der Waals surface area contributed by atoms with Gasteiger partial charge in [-0.25, -0.2) is 4.52 Å². The number of ether oxygens (including phenoxy) is 1. The first-order valence-corrected chi connectivity index (χ1v) is 10.6. The minimum Gasteiger partial charge on any atom is -0.375 e. The average Bonchev–Trinajstić information content (AvgIpc) is 3.38. The summed E-state index contributed by atoms with van der Waals surface area (Å²) in [5.41, 5.74) is 1.89. The van der Waals surface area contributed by atoms with Crippen molar-refractivity contribution in [3.8, 4) is 11.3 Å². The highest BCUT2D eigenvalue weighted by atomic mass is 19.4. The fraction of sp³-hybridized carbons (Fsp3) is 0.364. The van der Waals surface area contributed by atoms with E-state index in [2.05, 4.69) is 15.2 Å². The van der Waals surface area contributed by atoms with Crippen LogP contribution in [0.5, 0.6) is 0 Å². The number of fused-ring (bicyclic) bond motifs is 2. The van der Waals surface area contributed by atoms with E-state index in [0.29, 0.717) is 41.9 Å². The summed E-state index contributed by atoms with van der Waals surface area (Å²) < 4.78 is 48.1. The van der Waals surface area contributed by atoms with Crippen molar-refractivity contribution in [3.63, 3.8) is 0 Å². The molecule has 5 heterocycles. The molecule has 0 radical (unpaired) electrons. The second kappa shape index (κ2) is 8.14. The molecule has 0 saturated carbocycles. The van der Waals surface area contributed by atoms with Gasteiger partial charge in [0, 0.05) is 36.4 Å². The molecule has 1 amide bonds. The zero-order chi connectivity index (χ0) is 23.2. The van der Waals surface area contributed by atoms with E-state index in [0.717, 1.165) is 11.1 Å². The molecule has 0 N–H and O–H groups in total. The van der Waals surface area contributed by atoms with Crippen molar-refractivity contribution in [2.45, 2.75) is 32.2 Å². The Balaban J connectivity index is 1.60. The molecule has 0 aliphatic carbocycles. The van der Waals surface area contributed by atoms with Gasteiger partial charge in [-0.15, -0.1) is 0 Å². The topological polar surface area (TPSA) is 77.5 Å². The molecule has 8 nitrogen and oxygen atoms in total. The second-order valence-corrected chi connectivity index (χ2v) is 7.95. The van der Waals surface area contributed by atoms with Crippen LogP contribution in [0.15, 0.2) is 42.9 Å². The van der Waals surface area contributed by atoms with Gasteiger partial charge in [0.2, 0.25) is 0 Å². The van der Waals surface area contributed by atoms with Gasteiger partial charge in [-0.3, -0.25) is 14.5 Å². The third-order valence-electron chi connectivity index (χ3n) is 5.75. The van der Waals surface area contributed by atoms with Crippen molar-refractivity contribution < 1.29 is 22.7 Å². The number of halogens is 3. The zero-order valence-electron chi connectivity index (χ0n) is 17.8. The van der Waals surface area contributed by atoms with E-state index in [1.807, 2.05) is 19.1 Å². The largest absolute Gasteiger partial charge is 0.408 e. The number of rotatable bonds is 4. The van der Waals surface area contributed by atoms with Crippen molar-refractivity contribution in [1.29, 1.82) is 0 Å². The lowest BCUT2D eigenvalue weighted by atomic mass is 10.1. The molecule has 1 saturated heterocycles. The number of alkyl halides is 3. The number of amides is 1. The molecule has 33 heavy (non-hydrogen) atoms. The molecular weight excluding hydrogens is 437 g/mol. The van der Waals surface area contributed by atoms with Crippen LogP contribution in [0, 0.1) is 0 Å². The van der Waals surface area contributed by atoms with Crippen LogP contribution in [-0.2, 0) is 11.3 Å². The number of carbonyl (C=O) groups excluding carboxylic acids is 1. The molecule has 0 aromatic carbocycles. The van der Waals surface area contributed by atoms with Gasteiger partial charge in [0.1, 0.15) is 17.9 Å². The van der Waals surface area contributed by atoms with E-state index in [-0.39, 0.29) is 23.2 Å². The van der Waals surface area contributed by atoms with Crippen LogP contribution in [-0.4, -0.2) is 67.2 Å². The lowest BCUT2D eigenvalue weighted by Crippen LogP contribution is -2.45. The Morgan fingerprint density at radius 1 is 1.24 bits per heavy atom. The fourth-order valence-corrected chi connectivity index (χ4v) is 4.11. The van der Waals surface area contributed by atoms with Crippen molar-refractivity contribution in [2.75, 3.05) is 19.7 Å². The quantitative estimate of drug-likeness (QED) is 0.467. The Labute approximate surface area is 186 Å². The van der Waals surface area contributed by atoms with Gasteiger partial charge in [0.25, 0.3) is 5.91 Å². The van der Waals surface area contributed by atoms with E-state index in [4.69, 9.17) is 4.74 Å². The van der Waals surface area contributed by atoms with Crippen LogP contribution in [0.1, 0.15) is 23.8 Å². The fourth-order valence-electron chi connectivity index (χ4n) is 4.11. The van der Waals surface area contributed by atoms with E-state index >= 15 is 0 Å². The van der Waals surface area contributed by atoms with Gasteiger partial charge in [-0.2, -0.15) is 23.4 Å². The summed E-state index contributed by atoms with van der Waals surface area (Å²) in [6, 6.07) is 6.82. The first-order valence-electron chi connectivity index (χ1n) is 10.6. The Bertz CT molecular complexity index is 1330. The molecule has 1 aliphatic rings. The molecule has 4 aromatic heterocycles. The predicted molar refractivity (Wildman–Crippen MR) is 114 cm³/mol. The van der Waals surface area contributed by atoms with E-state index in [1.165, 1.54) is 12.3 Å². The summed E-state index contributed by atoms with van der Waals surface area (Å²) in [5.74, 6) is -0.337. The van der Waals surface area contributed by atoms with Crippen LogP contribution < -0.4 is 0 Å². The minimum atomic E-state index is -4.48. The number of nitrogens with zero attached hydrogens (tertiary/aromatic N) is 6. The summed E-state index contributed by atoms with van der Waals surface area (Å²) in [4.78, 5) is 19.0. The standard InChI is InChI=1S/C22H21F3N6O2/c1-2-14-12-29(7-8-33-14)21(32)17-9-19-15(10-26-17)20(28-31(19)13-22(23,24)25)16-11-27-30-6-4-3-5-18(16)30/h3-6,9-11,14H,2,7-8,12-13H2,1H3. The number of hydrogen-bond donors (Lipinski definition) is 0. The monoisotopic (exact) mass is 458 g/mol. The van der Waals surface area contributed by atoms with Gasteiger partial charge in [-0.05, 0) is 24.6 Å². The van der Waals surface area contributed by atoms with E-state index in [9.17, 15) is 18.0 Å². The molecule has 1 aliphatic heterocycles. The third-order valence-corrected chi connectivity index (χ3v) is 5.75. The van der Waals surface area contributed by atoms with Gasteiger partial charge >= 0.3 is 6.18 Å². The molecule has 1 fully saturated rings. The lowest BCUT2D eigenvalue weighted by Gasteiger charge is -2.32. The highest BCUT2D eigenvalue weighted by molar-refractivity contribution is 6.00. The highest BCUT2D eigenvalue weighted by Gasteiger charge is 2.31. The maximum Gasteiger partial charge on any atom is 0.408 e. The number of morpholine rings is 1. The first-order chi connectivity index (χ1) is 15.8. The molecule has 172 valence electrons. The maximum atomic E-state index is 13.3. The smallest absolute Gasteiger partial charge is 0.375 e. The average molecular weight is 458 g/mol. The molecule has 1 atom stereocenters. The van der Waals surface area contributed by atoms with Crippen LogP contribution in [0.4, 0.5) is 13.2 Å². The summed E-state index contributed by atoms with van der Waals surface area (Å²) in [6.07, 6.45) is 0.939. The van der Waals surface area contributed by atoms with Crippen LogP contribution >= 0.6 is 0 Å². The molecule has 4 aromatic rings. The zero-order valence-corrected chi connectivity index (χ0v) is 17.8. The molecule has 5 rings (SSSR count). The number of aromatic nitrogens is 5. The molecular formula is C22H21F3N6O2. The minimum absolute atomic E-state index is 0.0654. The normalized spacial score (nSPS) is 17.2. The number of hydrogen-bond acceptors (Lipinski definition) is 5. The Morgan fingerprint density at radius 2 is 2.09 bits per heavy atom. The SMILES string of the molecule is CCC1CN(C(=O)c2cc3c(cn2)c(-c2cnn4ccccc24)nn3CC(F)(F)F)CCO1. The van der Waals surface area contributed by atoms with E-state index in [1.54, 1.807) is 27.9 Å². The van der Waals surface area contributed by atoms with Crippen LogP contribution in [0.2, 0.25) is 0 Å². The van der Waals surface area contributed by atoms with Crippen LogP contribution in [0.25, 0.3) is 27.7 Å². The maximum absolute atomic E-state index is 13.3. The highest BCUT2D eigenvalue weighted by Crippen LogP contribution is 2.32. The van der Waals surface area contributed by atoms with E-state index < -0.39 is 12.7 Å². The predicted octanol–water partition coefficient (Wildman–Crippen LogP) is 3.56. The second-order valence-electron chi connectivity index (χ2n) is 7.95. The number of carbonyl (C=O) groups is 1. The Kier molecular flexibility index (Phi) is 5.28. The van der Waals surface area contributed by atoms with Crippen molar-refractivity contribution >= 4 is 22.3 Å². The van der Waals surface area contributed by atoms with Crippen molar-refractivity contribution in [2.24, 2.45) is 0 Å². The summed E-state index contributed by atoms with van der Waals surface area (Å²) in [6.45, 7) is 1.93. The van der Waals surface area contributed by atoms with Gasteiger partial charge in [-0.1, -0.05) is 13.0 Å². The molecule has 0 bridgehead atoms. The van der Waals surface area contributed by atoms with Crippen LogP contribution in [0.3, 0.4) is 0 Å². The lowest BCUT2D eigenvalue weighted by molar-refractivity contribution is -0.141.